The van der Waals surface area contributed by atoms with Crippen molar-refractivity contribution in [1.82, 2.24) is 10.2 Å². The van der Waals surface area contributed by atoms with Gasteiger partial charge in [0, 0.05) is 19.0 Å². The Bertz CT molecular complexity index is 1770. The van der Waals surface area contributed by atoms with Crippen LogP contribution in [0.25, 0.3) is 0 Å². The summed E-state index contributed by atoms with van der Waals surface area (Å²) in [6.45, 7) is 5.46. The number of aryl methyl sites for hydroxylation is 3. The highest BCUT2D eigenvalue weighted by Gasteiger charge is 2.35. The zero-order valence-corrected chi connectivity index (χ0v) is 28.4. The molecule has 1 unspecified atom stereocenters. The van der Waals surface area contributed by atoms with Crippen molar-refractivity contribution in [2.24, 2.45) is 0 Å². The average molecular weight is 652 g/mol. The number of anilines is 1. The Kier molecular flexibility index (Phi) is 11.1. The lowest BCUT2D eigenvalue weighted by Gasteiger charge is -2.35. The van der Waals surface area contributed by atoms with Crippen molar-refractivity contribution in [2.75, 3.05) is 10.8 Å². The molecule has 4 aromatic rings. The molecule has 1 fully saturated rings. The number of amides is 2. The molecule has 1 atom stereocenters. The van der Waals surface area contributed by atoms with Crippen LogP contribution in [0.4, 0.5) is 5.69 Å². The standard InChI is InChI=1S/C39H45N3O4S/c1-29-20-22-36(23-21-29)47(45,46)42(35-19-11-13-31(3)25-35)28-38(43)41(27-33-16-10-12-30(2)24-33)37(26-32-14-6-4-7-15-32)39(44)40-34-17-8-5-9-18-34/h4,6-7,10-16,19-25,34,37H,5,8-9,17-18,26-28H2,1-3H3,(H,40,44). The van der Waals surface area contributed by atoms with Gasteiger partial charge in [-0.2, -0.15) is 0 Å². The minimum absolute atomic E-state index is 0.0520. The first-order valence-corrected chi connectivity index (χ1v) is 17.9. The first kappa shape index (κ1) is 33.9. The summed E-state index contributed by atoms with van der Waals surface area (Å²) in [5, 5.41) is 3.26. The molecule has 1 aliphatic carbocycles. The zero-order chi connectivity index (χ0) is 33.4. The first-order chi connectivity index (χ1) is 22.6. The quantitative estimate of drug-likeness (QED) is 0.181. The second kappa shape index (κ2) is 15.4. The van der Waals surface area contributed by atoms with Gasteiger partial charge in [-0.05, 0) is 74.6 Å². The maximum Gasteiger partial charge on any atom is 0.264 e. The highest BCUT2D eigenvalue weighted by Crippen LogP contribution is 2.27. The van der Waals surface area contributed by atoms with Gasteiger partial charge in [0.25, 0.3) is 10.0 Å². The molecule has 0 saturated heterocycles. The molecular weight excluding hydrogens is 607 g/mol. The van der Waals surface area contributed by atoms with E-state index >= 15 is 0 Å². The molecule has 1 N–H and O–H groups in total. The number of hydrogen-bond donors (Lipinski definition) is 1. The Labute approximate surface area is 279 Å². The summed E-state index contributed by atoms with van der Waals surface area (Å²) in [5.41, 5.74) is 5.00. The van der Waals surface area contributed by atoms with E-state index in [2.05, 4.69) is 5.32 Å². The van der Waals surface area contributed by atoms with Crippen molar-refractivity contribution in [2.45, 2.75) is 82.8 Å². The lowest BCUT2D eigenvalue weighted by atomic mass is 9.94. The fourth-order valence-corrected chi connectivity index (χ4v) is 7.66. The number of nitrogens with one attached hydrogen (secondary N) is 1. The Morgan fingerprint density at radius 1 is 0.745 bits per heavy atom. The number of rotatable bonds is 12. The predicted octanol–water partition coefficient (Wildman–Crippen LogP) is 6.90. The summed E-state index contributed by atoms with van der Waals surface area (Å²) < 4.78 is 29.7. The van der Waals surface area contributed by atoms with Crippen molar-refractivity contribution in [1.29, 1.82) is 0 Å². The van der Waals surface area contributed by atoms with Crippen LogP contribution in [-0.2, 0) is 32.6 Å². The van der Waals surface area contributed by atoms with E-state index in [4.69, 9.17) is 0 Å². The molecule has 0 bridgehead atoms. The molecule has 8 heteroatoms. The summed E-state index contributed by atoms with van der Waals surface area (Å²) in [7, 11) is -4.14. The molecule has 246 valence electrons. The van der Waals surface area contributed by atoms with Crippen LogP contribution in [0, 0.1) is 20.8 Å². The lowest BCUT2D eigenvalue weighted by Crippen LogP contribution is -2.55. The monoisotopic (exact) mass is 651 g/mol. The van der Waals surface area contributed by atoms with E-state index in [0.717, 1.165) is 59.9 Å². The number of hydrogen-bond acceptors (Lipinski definition) is 4. The number of carbonyl (C=O) groups is 2. The highest BCUT2D eigenvalue weighted by atomic mass is 32.2. The van der Waals surface area contributed by atoms with Crippen molar-refractivity contribution in [3.05, 3.63) is 131 Å². The third-order valence-electron chi connectivity index (χ3n) is 8.84. The van der Waals surface area contributed by atoms with Crippen LogP contribution in [0.3, 0.4) is 0 Å². The van der Waals surface area contributed by atoms with Gasteiger partial charge >= 0.3 is 0 Å². The van der Waals surface area contributed by atoms with E-state index in [1.165, 1.54) is 4.31 Å². The van der Waals surface area contributed by atoms with Crippen LogP contribution in [0.1, 0.15) is 59.9 Å². The van der Waals surface area contributed by atoms with Crippen molar-refractivity contribution in [3.8, 4) is 0 Å². The Hall–Kier alpha value is -4.43. The number of sulfonamides is 1. The molecule has 47 heavy (non-hydrogen) atoms. The smallest absolute Gasteiger partial charge is 0.264 e. The topological polar surface area (TPSA) is 86.8 Å². The van der Waals surface area contributed by atoms with E-state index < -0.39 is 28.5 Å². The maximum atomic E-state index is 14.7. The van der Waals surface area contributed by atoms with Crippen LogP contribution in [-0.4, -0.2) is 43.8 Å². The van der Waals surface area contributed by atoms with Gasteiger partial charge in [-0.15, -0.1) is 0 Å². The van der Waals surface area contributed by atoms with E-state index in [9.17, 15) is 18.0 Å². The second-order valence-electron chi connectivity index (χ2n) is 12.7. The molecule has 0 spiro atoms. The summed E-state index contributed by atoms with van der Waals surface area (Å²) in [6.07, 6.45) is 5.39. The van der Waals surface area contributed by atoms with Gasteiger partial charge in [0.2, 0.25) is 11.8 Å². The largest absolute Gasteiger partial charge is 0.352 e. The minimum Gasteiger partial charge on any atom is -0.352 e. The molecule has 7 nitrogen and oxygen atoms in total. The van der Waals surface area contributed by atoms with Crippen molar-refractivity contribution >= 4 is 27.5 Å². The summed E-state index contributed by atoms with van der Waals surface area (Å²) >= 11 is 0. The molecule has 4 aromatic carbocycles. The molecule has 0 heterocycles. The summed E-state index contributed by atoms with van der Waals surface area (Å²) in [6, 6.07) is 30.5. The summed E-state index contributed by atoms with van der Waals surface area (Å²) in [5.74, 6) is -0.673. The third-order valence-corrected chi connectivity index (χ3v) is 10.6. The second-order valence-corrected chi connectivity index (χ2v) is 14.6. The fourth-order valence-electron chi connectivity index (χ4n) is 6.25. The molecule has 0 aromatic heterocycles. The maximum absolute atomic E-state index is 14.7. The zero-order valence-electron chi connectivity index (χ0n) is 27.6. The molecule has 5 rings (SSSR count). The molecule has 1 aliphatic rings. The number of carbonyl (C=O) groups excluding carboxylic acids is 2. The molecule has 2 amide bonds. The lowest BCUT2D eigenvalue weighted by molar-refractivity contribution is -0.140. The Morgan fingerprint density at radius 2 is 1.38 bits per heavy atom. The van der Waals surface area contributed by atoms with Crippen LogP contribution >= 0.6 is 0 Å². The first-order valence-electron chi connectivity index (χ1n) is 16.5. The SMILES string of the molecule is Cc1ccc(S(=O)(=O)N(CC(=O)N(Cc2cccc(C)c2)C(Cc2ccccc2)C(=O)NC2CCCCC2)c2cccc(C)c2)cc1. The molecule has 1 saturated carbocycles. The van der Waals surface area contributed by atoms with Gasteiger partial charge in [0.05, 0.1) is 10.6 Å². The normalized spacial score (nSPS) is 14.3. The van der Waals surface area contributed by atoms with E-state index in [1.54, 1.807) is 47.4 Å². The van der Waals surface area contributed by atoms with Crippen LogP contribution in [0.15, 0.2) is 108 Å². The Balaban J connectivity index is 1.56. The van der Waals surface area contributed by atoms with Gasteiger partial charge in [0.15, 0.2) is 0 Å². The van der Waals surface area contributed by atoms with Gasteiger partial charge in [-0.3, -0.25) is 13.9 Å². The van der Waals surface area contributed by atoms with E-state index in [-0.39, 0.29) is 23.4 Å². The van der Waals surface area contributed by atoms with Crippen LogP contribution < -0.4 is 9.62 Å². The average Bonchev–Trinajstić information content (AvgIpc) is 3.06. The van der Waals surface area contributed by atoms with Crippen LogP contribution in [0.2, 0.25) is 0 Å². The van der Waals surface area contributed by atoms with Crippen LogP contribution in [0.5, 0.6) is 0 Å². The van der Waals surface area contributed by atoms with E-state index in [1.807, 2.05) is 81.4 Å². The molecule has 0 radical (unpaired) electrons. The third kappa shape index (κ3) is 8.89. The molecule has 0 aliphatic heterocycles. The van der Waals surface area contributed by atoms with Crippen molar-refractivity contribution in [3.63, 3.8) is 0 Å². The molecular formula is C39H45N3O4S. The van der Waals surface area contributed by atoms with E-state index in [0.29, 0.717) is 12.1 Å². The predicted molar refractivity (Wildman–Crippen MR) is 188 cm³/mol. The van der Waals surface area contributed by atoms with Crippen molar-refractivity contribution < 1.29 is 18.0 Å². The van der Waals surface area contributed by atoms with Gasteiger partial charge < -0.3 is 10.2 Å². The Morgan fingerprint density at radius 3 is 2.04 bits per heavy atom. The van der Waals surface area contributed by atoms with Gasteiger partial charge in [-0.25, -0.2) is 8.42 Å². The van der Waals surface area contributed by atoms with Gasteiger partial charge in [-0.1, -0.05) is 109 Å². The minimum atomic E-state index is -4.14. The number of benzene rings is 4. The summed E-state index contributed by atoms with van der Waals surface area (Å²) in [4.78, 5) is 30.6. The highest BCUT2D eigenvalue weighted by molar-refractivity contribution is 7.92. The number of nitrogens with zero attached hydrogens (tertiary/aromatic N) is 2. The fraction of sp³-hybridized carbons (Fsp3) is 0.333. The van der Waals surface area contributed by atoms with Gasteiger partial charge in [0.1, 0.15) is 12.6 Å².